The van der Waals surface area contributed by atoms with Crippen molar-refractivity contribution in [1.82, 2.24) is 20.1 Å². The Labute approximate surface area is 216 Å². The maximum Gasteiger partial charge on any atom is 0.251 e. The van der Waals surface area contributed by atoms with Crippen molar-refractivity contribution in [2.24, 2.45) is 0 Å². The SMILES string of the molecule is C=CCn1c(CCNC(=O)c2ccc(Cl)c(Cl)c2)nnc1SCC(=O)Nc1ccc(C)c(Cl)c1. The molecule has 0 saturated heterocycles. The van der Waals surface area contributed by atoms with Crippen LogP contribution in [0.1, 0.15) is 21.7 Å². The number of rotatable bonds is 10. The molecule has 0 unspecified atom stereocenters. The summed E-state index contributed by atoms with van der Waals surface area (Å²) in [5.41, 5.74) is 1.98. The third-order valence-corrected chi connectivity index (χ3v) is 6.82. The average Bonchev–Trinajstić information content (AvgIpc) is 3.18. The van der Waals surface area contributed by atoms with Gasteiger partial charge in [-0.15, -0.1) is 16.8 Å². The standard InChI is InChI=1S/C23H22Cl3N5O2S/c1-3-10-31-20(8-9-27-22(33)15-5-7-17(24)19(26)11-15)29-30-23(31)34-13-21(32)28-16-6-4-14(2)18(25)12-16/h3-7,11-12H,1,8-10,13H2,2H3,(H,27,33)(H,28,32). The van der Waals surface area contributed by atoms with Crippen LogP contribution in [0, 0.1) is 6.92 Å². The number of carbonyl (C=O) groups excluding carboxylic acids is 2. The van der Waals surface area contributed by atoms with E-state index in [-0.39, 0.29) is 17.6 Å². The highest BCUT2D eigenvalue weighted by atomic mass is 35.5. The number of hydrogen-bond donors (Lipinski definition) is 2. The number of aryl methyl sites for hydroxylation is 1. The van der Waals surface area contributed by atoms with Gasteiger partial charge >= 0.3 is 0 Å². The smallest absolute Gasteiger partial charge is 0.251 e. The zero-order valence-electron chi connectivity index (χ0n) is 18.3. The lowest BCUT2D eigenvalue weighted by molar-refractivity contribution is -0.113. The fraction of sp³-hybridized carbons (Fsp3) is 0.217. The van der Waals surface area contributed by atoms with Crippen molar-refractivity contribution < 1.29 is 9.59 Å². The average molecular weight is 539 g/mol. The lowest BCUT2D eigenvalue weighted by Gasteiger charge is -2.09. The van der Waals surface area contributed by atoms with E-state index >= 15 is 0 Å². The summed E-state index contributed by atoms with van der Waals surface area (Å²) in [7, 11) is 0. The molecule has 0 atom stereocenters. The number of halogens is 3. The number of anilines is 1. The van der Waals surface area contributed by atoms with Crippen molar-refractivity contribution in [3.8, 4) is 0 Å². The van der Waals surface area contributed by atoms with Crippen LogP contribution in [0.15, 0.2) is 54.2 Å². The molecule has 1 heterocycles. The van der Waals surface area contributed by atoms with Gasteiger partial charge < -0.3 is 15.2 Å². The predicted molar refractivity (Wildman–Crippen MR) is 138 cm³/mol. The molecule has 178 valence electrons. The largest absolute Gasteiger partial charge is 0.352 e. The number of aromatic nitrogens is 3. The molecule has 11 heteroatoms. The molecule has 0 aliphatic carbocycles. The first-order chi connectivity index (χ1) is 16.3. The second-order valence-electron chi connectivity index (χ2n) is 7.23. The highest BCUT2D eigenvalue weighted by Crippen LogP contribution is 2.23. The zero-order valence-corrected chi connectivity index (χ0v) is 21.4. The number of allylic oxidation sites excluding steroid dienone is 1. The maximum atomic E-state index is 12.4. The van der Waals surface area contributed by atoms with E-state index in [4.69, 9.17) is 34.8 Å². The van der Waals surface area contributed by atoms with Crippen LogP contribution in [0.5, 0.6) is 0 Å². The minimum atomic E-state index is -0.268. The number of thioether (sulfide) groups is 1. The van der Waals surface area contributed by atoms with Crippen molar-refractivity contribution in [3.05, 3.63) is 81.1 Å². The molecule has 3 rings (SSSR count). The van der Waals surface area contributed by atoms with Gasteiger partial charge in [0.15, 0.2) is 5.16 Å². The molecule has 7 nitrogen and oxygen atoms in total. The van der Waals surface area contributed by atoms with Gasteiger partial charge in [-0.25, -0.2) is 0 Å². The zero-order chi connectivity index (χ0) is 24.7. The van der Waals surface area contributed by atoms with Gasteiger partial charge in [-0.2, -0.15) is 0 Å². The van der Waals surface area contributed by atoms with Gasteiger partial charge in [0.05, 0.1) is 15.8 Å². The van der Waals surface area contributed by atoms with Gasteiger partial charge in [0.25, 0.3) is 5.91 Å². The van der Waals surface area contributed by atoms with Gasteiger partial charge in [0.2, 0.25) is 5.91 Å². The molecule has 2 amide bonds. The normalized spacial score (nSPS) is 10.7. The third-order valence-electron chi connectivity index (χ3n) is 4.71. The van der Waals surface area contributed by atoms with E-state index < -0.39 is 0 Å². The first-order valence-electron chi connectivity index (χ1n) is 10.2. The van der Waals surface area contributed by atoms with Gasteiger partial charge in [0, 0.05) is 35.8 Å². The van der Waals surface area contributed by atoms with E-state index in [1.807, 2.05) is 17.6 Å². The summed E-state index contributed by atoms with van der Waals surface area (Å²) in [6.45, 7) is 6.49. The number of carbonyl (C=O) groups is 2. The molecular weight excluding hydrogens is 517 g/mol. The Kier molecular flexibility index (Phi) is 9.41. The number of hydrogen-bond acceptors (Lipinski definition) is 5. The monoisotopic (exact) mass is 537 g/mol. The number of benzene rings is 2. The molecule has 2 aromatic carbocycles. The molecule has 3 aromatic rings. The highest BCUT2D eigenvalue weighted by Gasteiger charge is 2.15. The summed E-state index contributed by atoms with van der Waals surface area (Å²) in [5, 5.41) is 15.9. The molecule has 2 N–H and O–H groups in total. The van der Waals surface area contributed by atoms with Crippen LogP contribution in [0.25, 0.3) is 0 Å². The predicted octanol–water partition coefficient (Wildman–Crippen LogP) is 5.44. The lowest BCUT2D eigenvalue weighted by atomic mass is 10.2. The topological polar surface area (TPSA) is 88.9 Å². The molecule has 34 heavy (non-hydrogen) atoms. The summed E-state index contributed by atoms with van der Waals surface area (Å²) in [4.78, 5) is 24.7. The highest BCUT2D eigenvalue weighted by molar-refractivity contribution is 7.99. The molecule has 0 fully saturated rings. The molecule has 0 saturated carbocycles. The Morgan fingerprint density at radius 1 is 1.09 bits per heavy atom. The van der Waals surface area contributed by atoms with Gasteiger partial charge in [-0.05, 0) is 42.8 Å². The van der Waals surface area contributed by atoms with Crippen LogP contribution < -0.4 is 10.6 Å². The Morgan fingerprint density at radius 3 is 2.59 bits per heavy atom. The van der Waals surface area contributed by atoms with Gasteiger partial charge in [0.1, 0.15) is 5.82 Å². The van der Waals surface area contributed by atoms with Crippen molar-refractivity contribution in [1.29, 1.82) is 0 Å². The molecular formula is C23H22Cl3N5O2S. The minimum absolute atomic E-state index is 0.148. The molecule has 0 bridgehead atoms. The maximum absolute atomic E-state index is 12.4. The van der Waals surface area contributed by atoms with Crippen LogP contribution in [0.3, 0.4) is 0 Å². The quantitative estimate of drug-likeness (QED) is 0.265. The van der Waals surface area contributed by atoms with Crippen molar-refractivity contribution in [2.75, 3.05) is 17.6 Å². The van der Waals surface area contributed by atoms with Crippen LogP contribution in [-0.4, -0.2) is 38.9 Å². The summed E-state index contributed by atoms with van der Waals surface area (Å²) >= 11 is 19.2. The van der Waals surface area contributed by atoms with Crippen LogP contribution in [-0.2, 0) is 17.8 Å². The Morgan fingerprint density at radius 2 is 1.88 bits per heavy atom. The Bertz CT molecular complexity index is 1220. The van der Waals surface area contributed by atoms with E-state index in [1.165, 1.54) is 17.8 Å². The second kappa shape index (κ2) is 12.3. The van der Waals surface area contributed by atoms with E-state index in [0.29, 0.717) is 56.8 Å². The molecule has 0 aliphatic rings. The number of nitrogens with one attached hydrogen (secondary N) is 2. The van der Waals surface area contributed by atoms with Crippen molar-refractivity contribution >= 4 is 64.1 Å². The summed E-state index contributed by atoms with van der Waals surface area (Å²) in [6, 6.07) is 10.1. The van der Waals surface area contributed by atoms with E-state index in [1.54, 1.807) is 30.3 Å². The third kappa shape index (κ3) is 6.99. The van der Waals surface area contributed by atoms with E-state index in [2.05, 4.69) is 27.4 Å². The number of nitrogens with zero attached hydrogens (tertiary/aromatic N) is 3. The molecule has 1 aromatic heterocycles. The minimum Gasteiger partial charge on any atom is -0.352 e. The van der Waals surface area contributed by atoms with Crippen LogP contribution >= 0.6 is 46.6 Å². The molecule has 0 radical (unpaired) electrons. The fourth-order valence-electron chi connectivity index (χ4n) is 2.95. The van der Waals surface area contributed by atoms with Crippen molar-refractivity contribution in [2.45, 2.75) is 25.0 Å². The van der Waals surface area contributed by atoms with E-state index in [9.17, 15) is 9.59 Å². The lowest BCUT2D eigenvalue weighted by Crippen LogP contribution is -2.26. The van der Waals surface area contributed by atoms with Crippen LogP contribution in [0.2, 0.25) is 15.1 Å². The Hall–Kier alpha value is -2.52. The van der Waals surface area contributed by atoms with E-state index in [0.717, 1.165) is 5.56 Å². The summed E-state index contributed by atoms with van der Waals surface area (Å²) in [5.74, 6) is 0.362. The van der Waals surface area contributed by atoms with Crippen molar-refractivity contribution in [3.63, 3.8) is 0 Å². The summed E-state index contributed by atoms with van der Waals surface area (Å²) < 4.78 is 1.86. The summed E-state index contributed by atoms with van der Waals surface area (Å²) in [6.07, 6.45) is 2.17. The van der Waals surface area contributed by atoms with Gasteiger partial charge in [-0.1, -0.05) is 58.7 Å². The first kappa shape index (κ1) is 26.1. The molecule has 0 aliphatic heterocycles. The van der Waals surface area contributed by atoms with Crippen LogP contribution in [0.4, 0.5) is 5.69 Å². The Balaban J connectivity index is 1.56. The first-order valence-corrected chi connectivity index (χ1v) is 12.4. The second-order valence-corrected chi connectivity index (χ2v) is 9.40. The van der Waals surface area contributed by atoms with Gasteiger partial charge in [-0.3, -0.25) is 9.59 Å². The fourth-order valence-corrected chi connectivity index (χ4v) is 4.19. The molecule has 0 spiro atoms. The number of amides is 2.